The number of aromatic amines is 1. The van der Waals surface area contributed by atoms with Gasteiger partial charge in [-0.15, -0.1) is 11.3 Å². The normalized spacial score (nSPS) is 21.9. The maximum Gasteiger partial charge on any atom is 0.257 e. The van der Waals surface area contributed by atoms with Gasteiger partial charge in [-0.1, -0.05) is 6.07 Å². The Bertz CT molecular complexity index is 708. The van der Waals surface area contributed by atoms with Crippen LogP contribution >= 0.6 is 11.3 Å². The van der Waals surface area contributed by atoms with Crippen molar-refractivity contribution < 1.29 is 13.2 Å². The number of amides is 1. The van der Waals surface area contributed by atoms with Crippen molar-refractivity contribution in [3.05, 3.63) is 40.3 Å². The lowest BCUT2D eigenvalue weighted by molar-refractivity contribution is 0.0766. The van der Waals surface area contributed by atoms with Gasteiger partial charge in [-0.2, -0.15) is 5.10 Å². The number of carbonyl (C=O) groups is 1. The van der Waals surface area contributed by atoms with Crippen LogP contribution in [-0.4, -0.2) is 48.3 Å². The second kappa shape index (κ2) is 5.61. The molecule has 112 valence electrons. The van der Waals surface area contributed by atoms with E-state index in [9.17, 15) is 13.2 Å². The number of nitrogens with one attached hydrogen (secondary N) is 1. The monoisotopic (exact) mass is 325 g/mol. The quantitative estimate of drug-likeness (QED) is 0.906. The fraction of sp³-hybridized carbons (Fsp3) is 0.385. The average molecular weight is 325 g/mol. The van der Waals surface area contributed by atoms with Gasteiger partial charge in [0.1, 0.15) is 0 Å². The number of carbonyl (C=O) groups excluding carboxylic acids is 1. The molecule has 0 aliphatic carbocycles. The van der Waals surface area contributed by atoms with Crippen LogP contribution in [0.4, 0.5) is 0 Å². The van der Waals surface area contributed by atoms with Crippen LogP contribution in [0.3, 0.4) is 0 Å². The summed E-state index contributed by atoms with van der Waals surface area (Å²) in [6.45, 7) is 0.667. The molecule has 3 heterocycles. The van der Waals surface area contributed by atoms with Crippen LogP contribution in [0.5, 0.6) is 0 Å². The molecule has 1 aliphatic heterocycles. The SMILES string of the molecule is O=C(c1cn[nH]c1)N1CC[C@H](c2cccs2)S(=O)(=O)CC1. The number of H-pyrrole nitrogens is 1. The molecule has 0 radical (unpaired) electrons. The first-order valence-corrected chi connectivity index (χ1v) is 9.20. The molecule has 0 spiro atoms. The number of hydrogen-bond acceptors (Lipinski definition) is 5. The van der Waals surface area contributed by atoms with Gasteiger partial charge in [-0.05, 0) is 17.9 Å². The zero-order chi connectivity index (χ0) is 14.9. The van der Waals surface area contributed by atoms with Crippen LogP contribution in [0.15, 0.2) is 29.9 Å². The van der Waals surface area contributed by atoms with E-state index in [1.165, 1.54) is 23.7 Å². The summed E-state index contributed by atoms with van der Waals surface area (Å²) in [5.41, 5.74) is 0.460. The summed E-state index contributed by atoms with van der Waals surface area (Å²) in [5, 5.41) is 7.73. The summed E-state index contributed by atoms with van der Waals surface area (Å²) in [7, 11) is -3.23. The van der Waals surface area contributed by atoms with Crippen molar-refractivity contribution in [3.8, 4) is 0 Å². The molecule has 2 aromatic rings. The molecule has 1 atom stereocenters. The Balaban J connectivity index is 1.81. The zero-order valence-corrected chi connectivity index (χ0v) is 12.9. The van der Waals surface area contributed by atoms with E-state index < -0.39 is 15.1 Å². The number of nitrogens with zero attached hydrogens (tertiary/aromatic N) is 2. The number of thiophene rings is 1. The van der Waals surface area contributed by atoms with Crippen LogP contribution in [0, 0.1) is 0 Å². The van der Waals surface area contributed by atoms with Crippen LogP contribution in [0.2, 0.25) is 0 Å². The average Bonchev–Trinajstić information content (AvgIpc) is 3.12. The van der Waals surface area contributed by atoms with E-state index >= 15 is 0 Å². The highest BCUT2D eigenvalue weighted by atomic mass is 32.2. The van der Waals surface area contributed by atoms with E-state index in [1.807, 2.05) is 17.5 Å². The van der Waals surface area contributed by atoms with Crippen molar-refractivity contribution >= 4 is 27.1 Å². The molecule has 3 rings (SSSR count). The highest BCUT2D eigenvalue weighted by molar-refractivity contribution is 7.91. The predicted molar refractivity (Wildman–Crippen MR) is 80.0 cm³/mol. The van der Waals surface area contributed by atoms with Crippen LogP contribution in [-0.2, 0) is 9.84 Å². The third-order valence-electron chi connectivity index (χ3n) is 3.63. The Morgan fingerprint density at radius 3 is 2.95 bits per heavy atom. The minimum absolute atomic E-state index is 0.000835. The third kappa shape index (κ3) is 2.86. The molecule has 0 bridgehead atoms. The Kier molecular flexibility index (Phi) is 3.81. The molecule has 8 heteroatoms. The van der Waals surface area contributed by atoms with Crippen LogP contribution in [0.25, 0.3) is 0 Å². The van der Waals surface area contributed by atoms with Gasteiger partial charge >= 0.3 is 0 Å². The van der Waals surface area contributed by atoms with Gasteiger partial charge in [0.2, 0.25) is 0 Å². The van der Waals surface area contributed by atoms with E-state index in [2.05, 4.69) is 10.2 Å². The van der Waals surface area contributed by atoms with Gasteiger partial charge in [0.25, 0.3) is 5.91 Å². The maximum atomic E-state index is 12.4. The van der Waals surface area contributed by atoms with Gasteiger partial charge in [0, 0.05) is 24.2 Å². The Morgan fingerprint density at radius 2 is 2.29 bits per heavy atom. The maximum absolute atomic E-state index is 12.4. The van der Waals surface area contributed by atoms with E-state index in [1.54, 1.807) is 4.90 Å². The Hall–Kier alpha value is -1.67. The van der Waals surface area contributed by atoms with Crippen molar-refractivity contribution in [1.29, 1.82) is 0 Å². The van der Waals surface area contributed by atoms with Gasteiger partial charge in [0.15, 0.2) is 9.84 Å². The minimum Gasteiger partial charge on any atom is -0.337 e. The van der Waals surface area contributed by atoms with E-state index in [0.717, 1.165) is 4.88 Å². The summed E-state index contributed by atoms with van der Waals surface area (Å²) >= 11 is 1.45. The summed E-state index contributed by atoms with van der Waals surface area (Å²) in [6, 6.07) is 3.70. The number of sulfone groups is 1. The number of aromatic nitrogens is 2. The molecule has 0 saturated carbocycles. The van der Waals surface area contributed by atoms with Crippen LogP contribution < -0.4 is 0 Å². The van der Waals surface area contributed by atoms with Crippen molar-refractivity contribution in [2.24, 2.45) is 0 Å². The van der Waals surface area contributed by atoms with Gasteiger partial charge in [0.05, 0.1) is 22.8 Å². The van der Waals surface area contributed by atoms with E-state index in [-0.39, 0.29) is 18.2 Å². The lowest BCUT2D eigenvalue weighted by atomic mass is 10.2. The zero-order valence-electron chi connectivity index (χ0n) is 11.2. The largest absolute Gasteiger partial charge is 0.337 e. The minimum atomic E-state index is -3.23. The molecular formula is C13H15N3O3S2. The molecule has 0 aromatic carbocycles. The summed E-state index contributed by atoms with van der Waals surface area (Å²) < 4.78 is 24.8. The van der Waals surface area contributed by atoms with Crippen LogP contribution in [0.1, 0.15) is 26.9 Å². The molecule has 1 saturated heterocycles. The summed E-state index contributed by atoms with van der Waals surface area (Å²) in [6.07, 6.45) is 3.42. The van der Waals surface area contributed by atoms with E-state index in [4.69, 9.17) is 0 Å². The number of hydrogen-bond donors (Lipinski definition) is 1. The first-order valence-electron chi connectivity index (χ1n) is 6.61. The van der Waals surface area contributed by atoms with Crippen molar-refractivity contribution in [1.82, 2.24) is 15.1 Å². The Morgan fingerprint density at radius 1 is 1.43 bits per heavy atom. The fourth-order valence-corrected chi connectivity index (χ4v) is 5.50. The third-order valence-corrected chi connectivity index (χ3v) is 6.88. The van der Waals surface area contributed by atoms with Gasteiger partial charge < -0.3 is 4.90 Å². The molecule has 1 fully saturated rings. The summed E-state index contributed by atoms with van der Waals surface area (Å²) in [5.74, 6) is -0.176. The highest BCUT2D eigenvalue weighted by Crippen LogP contribution is 2.32. The first-order chi connectivity index (χ1) is 10.1. The molecule has 1 amide bonds. The van der Waals surface area contributed by atoms with E-state index in [0.29, 0.717) is 18.5 Å². The molecule has 0 unspecified atom stereocenters. The van der Waals surface area contributed by atoms with Gasteiger partial charge in [-0.25, -0.2) is 8.42 Å². The van der Waals surface area contributed by atoms with Gasteiger partial charge in [-0.3, -0.25) is 9.89 Å². The smallest absolute Gasteiger partial charge is 0.257 e. The Labute approximate surface area is 126 Å². The predicted octanol–water partition coefficient (Wildman–Crippen LogP) is 1.47. The fourth-order valence-electron chi connectivity index (χ4n) is 2.49. The molecular weight excluding hydrogens is 310 g/mol. The highest BCUT2D eigenvalue weighted by Gasteiger charge is 2.33. The van der Waals surface area contributed by atoms with Crippen molar-refractivity contribution in [3.63, 3.8) is 0 Å². The van der Waals surface area contributed by atoms with Crippen molar-refractivity contribution in [2.45, 2.75) is 11.7 Å². The molecule has 1 aliphatic rings. The topological polar surface area (TPSA) is 83.1 Å². The second-order valence-corrected chi connectivity index (χ2v) is 8.22. The lowest BCUT2D eigenvalue weighted by Crippen LogP contribution is -2.33. The number of rotatable bonds is 2. The lowest BCUT2D eigenvalue weighted by Gasteiger charge is -2.18. The molecule has 2 aromatic heterocycles. The molecule has 21 heavy (non-hydrogen) atoms. The second-order valence-electron chi connectivity index (χ2n) is 4.94. The first kappa shape index (κ1) is 14.3. The standard InChI is InChI=1S/C13H15N3O3S2/c17-13(10-8-14-15-9-10)16-4-3-12(11-2-1-6-20-11)21(18,19)7-5-16/h1-2,6,8-9,12H,3-5,7H2,(H,14,15)/t12-/m1/s1. The summed E-state index contributed by atoms with van der Waals surface area (Å²) in [4.78, 5) is 14.7. The molecule has 1 N–H and O–H groups in total. The molecule has 6 nitrogen and oxygen atoms in total. The van der Waals surface area contributed by atoms with Crippen molar-refractivity contribution in [2.75, 3.05) is 18.8 Å².